The molecule has 2 heteroatoms. The van der Waals surface area contributed by atoms with E-state index in [1.165, 1.54) is 48.8 Å². The Hall–Kier alpha value is -1.44. The number of hydrogen-bond donors (Lipinski definition) is 1. The van der Waals surface area contributed by atoms with Gasteiger partial charge in [0.15, 0.2) is 11.5 Å². The quantitative estimate of drug-likeness (QED) is 0.819. The van der Waals surface area contributed by atoms with Crippen LogP contribution in [-0.4, -0.2) is 12.2 Å². The number of ether oxygens (including phenoxy) is 1. The minimum Gasteiger partial charge on any atom is -0.504 e. The molecule has 1 saturated carbocycles. The summed E-state index contributed by atoms with van der Waals surface area (Å²) in [6, 6.07) is 3.97. The van der Waals surface area contributed by atoms with Crippen molar-refractivity contribution in [1.82, 2.24) is 0 Å². The Kier molecular flexibility index (Phi) is 2.85. The molecule has 0 aliphatic heterocycles. The maximum Gasteiger partial charge on any atom is 0.161 e. The van der Waals surface area contributed by atoms with Crippen molar-refractivity contribution in [1.29, 1.82) is 0 Å². The van der Waals surface area contributed by atoms with Gasteiger partial charge in [-0.3, -0.25) is 0 Å². The van der Waals surface area contributed by atoms with E-state index in [-0.39, 0.29) is 5.75 Å². The van der Waals surface area contributed by atoms with Gasteiger partial charge in [0.1, 0.15) is 0 Å². The molecular weight excluding hydrogens is 260 g/mol. The number of methoxy groups -OCH3 is 1. The molecule has 112 valence electrons. The average Bonchev–Trinajstić information content (AvgIpc) is 2.88. The largest absolute Gasteiger partial charge is 0.504 e. The van der Waals surface area contributed by atoms with Crippen molar-refractivity contribution in [3.05, 3.63) is 29.3 Å². The van der Waals surface area contributed by atoms with E-state index in [9.17, 15) is 5.11 Å². The molecule has 0 spiro atoms. The minimum absolute atomic E-state index is 0.275. The van der Waals surface area contributed by atoms with Crippen LogP contribution >= 0.6 is 0 Å². The van der Waals surface area contributed by atoms with Gasteiger partial charge in [-0.2, -0.15) is 0 Å². The summed E-state index contributed by atoms with van der Waals surface area (Å²) in [5.41, 5.74) is 4.68. The standard InChI is InChI=1S/C19H24O2/c1-19-8-3-4-16(19)14-6-5-12-10-17(20)18(21-2)11-15(12)13(14)7-9-19/h7,10-11,14,16,20H,3-6,8-9H2,1-2H3/t14-,16+,19+/m1/s1. The van der Waals surface area contributed by atoms with Gasteiger partial charge in [-0.1, -0.05) is 19.4 Å². The van der Waals surface area contributed by atoms with E-state index in [2.05, 4.69) is 19.1 Å². The van der Waals surface area contributed by atoms with Gasteiger partial charge in [0.25, 0.3) is 0 Å². The second-order valence-corrected chi connectivity index (χ2v) is 7.34. The van der Waals surface area contributed by atoms with Crippen molar-refractivity contribution in [2.45, 2.75) is 45.4 Å². The van der Waals surface area contributed by atoms with Crippen molar-refractivity contribution >= 4 is 5.57 Å². The summed E-state index contributed by atoms with van der Waals surface area (Å²) in [6.07, 6.45) is 10.2. The predicted molar refractivity (Wildman–Crippen MR) is 84.5 cm³/mol. The van der Waals surface area contributed by atoms with Gasteiger partial charge in [-0.15, -0.1) is 0 Å². The summed E-state index contributed by atoms with van der Waals surface area (Å²) in [6.45, 7) is 2.49. The predicted octanol–water partition coefficient (Wildman–Crippen LogP) is 4.56. The summed E-state index contributed by atoms with van der Waals surface area (Å²) in [5.74, 6) is 2.45. The molecule has 3 atom stereocenters. The fourth-order valence-electron chi connectivity index (χ4n) is 5.14. The van der Waals surface area contributed by atoms with Crippen LogP contribution in [0.4, 0.5) is 0 Å². The van der Waals surface area contributed by atoms with Crippen LogP contribution in [0.25, 0.3) is 5.57 Å². The molecule has 0 amide bonds. The average molecular weight is 284 g/mol. The Morgan fingerprint density at radius 1 is 1.29 bits per heavy atom. The zero-order valence-electron chi connectivity index (χ0n) is 13.0. The highest BCUT2D eigenvalue weighted by Crippen LogP contribution is 2.58. The lowest BCUT2D eigenvalue weighted by Gasteiger charge is -2.44. The number of benzene rings is 1. The second kappa shape index (κ2) is 4.53. The third-order valence-corrected chi connectivity index (χ3v) is 6.27. The Morgan fingerprint density at radius 2 is 2.14 bits per heavy atom. The molecule has 3 aliphatic carbocycles. The number of aryl methyl sites for hydroxylation is 1. The third kappa shape index (κ3) is 1.84. The van der Waals surface area contributed by atoms with E-state index < -0.39 is 0 Å². The first-order valence-electron chi connectivity index (χ1n) is 8.23. The number of phenolic OH excluding ortho intramolecular Hbond substituents is 1. The number of rotatable bonds is 1. The van der Waals surface area contributed by atoms with E-state index in [4.69, 9.17) is 4.74 Å². The van der Waals surface area contributed by atoms with Gasteiger partial charge >= 0.3 is 0 Å². The molecule has 0 heterocycles. The van der Waals surface area contributed by atoms with Gasteiger partial charge in [-0.25, -0.2) is 0 Å². The molecule has 1 aromatic rings. The van der Waals surface area contributed by atoms with Gasteiger partial charge in [-0.05, 0) is 78.2 Å². The van der Waals surface area contributed by atoms with Crippen LogP contribution in [-0.2, 0) is 6.42 Å². The molecule has 0 unspecified atom stereocenters. The maximum absolute atomic E-state index is 10.0. The summed E-state index contributed by atoms with van der Waals surface area (Å²) >= 11 is 0. The SMILES string of the molecule is COc1cc2c(cc1O)CC[C@@H]1C2=CC[C@]2(C)CCC[C@@H]12. The van der Waals surface area contributed by atoms with Crippen LogP contribution in [0.2, 0.25) is 0 Å². The van der Waals surface area contributed by atoms with Crippen LogP contribution in [0.15, 0.2) is 18.2 Å². The Balaban J connectivity index is 1.81. The molecule has 1 aromatic carbocycles. The Labute approximate surface area is 126 Å². The molecule has 0 radical (unpaired) electrons. The molecule has 21 heavy (non-hydrogen) atoms. The van der Waals surface area contributed by atoms with Crippen molar-refractivity contribution < 1.29 is 9.84 Å². The monoisotopic (exact) mass is 284 g/mol. The molecule has 0 aromatic heterocycles. The zero-order chi connectivity index (χ0) is 14.6. The van der Waals surface area contributed by atoms with Crippen LogP contribution in [0.3, 0.4) is 0 Å². The van der Waals surface area contributed by atoms with E-state index in [0.29, 0.717) is 17.1 Å². The summed E-state index contributed by atoms with van der Waals surface area (Å²) in [7, 11) is 1.63. The summed E-state index contributed by atoms with van der Waals surface area (Å²) in [5, 5.41) is 10.0. The van der Waals surface area contributed by atoms with Crippen molar-refractivity contribution in [3.8, 4) is 11.5 Å². The van der Waals surface area contributed by atoms with Crippen LogP contribution < -0.4 is 4.74 Å². The van der Waals surface area contributed by atoms with Crippen molar-refractivity contribution in [2.24, 2.45) is 17.3 Å². The Morgan fingerprint density at radius 3 is 2.95 bits per heavy atom. The summed E-state index contributed by atoms with van der Waals surface area (Å²) in [4.78, 5) is 0. The molecule has 1 fully saturated rings. The fraction of sp³-hybridized carbons (Fsp3) is 0.579. The molecule has 3 aliphatic rings. The van der Waals surface area contributed by atoms with Crippen LogP contribution in [0, 0.1) is 17.3 Å². The van der Waals surface area contributed by atoms with Gasteiger partial charge < -0.3 is 9.84 Å². The molecule has 0 bridgehead atoms. The van der Waals surface area contributed by atoms with Crippen molar-refractivity contribution in [2.75, 3.05) is 7.11 Å². The third-order valence-electron chi connectivity index (χ3n) is 6.27. The second-order valence-electron chi connectivity index (χ2n) is 7.34. The van der Waals surface area contributed by atoms with Gasteiger partial charge in [0.05, 0.1) is 7.11 Å². The molecule has 0 saturated heterocycles. The van der Waals surface area contributed by atoms with Crippen LogP contribution in [0.5, 0.6) is 11.5 Å². The molecule has 1 N–H and O–H groups in total. The first-order chi connectivity index (χ1) is 10.1. The summed E-state index contributed by atoms with van der Waals surface area (Å²) < 4.78 is 5.32. The number of allylic oxidation sites excluding steroid dienone is 2. The smallest absolute Gasteiger partial charge is 0.161 e. The lowest BCUT2D eigenvalue weighted by Crippen LogP contribution is -2.34. The first-order valence-corrected chi connectivity index (χ1v) is 8.23. The number of hydrogen-bond acceptors (Lipinski definition) is 2. The molecular formula is C19H24O2. The number of phenols is 1. The first kappa shape index (κ1) is 13.2. The highest BCUT2D eigenvalue weighted by atomic mass is 16.5. The molecule has 4 rings (SSSR count). The fourth-order valence-corrected chi connectivity index (χ4v) is 5.14. The number of fused-ring (bicyclic) bond motifs is 5. The topological polar surface area (TPSA) is 29.5 Å². The zero-order valence-corrected chi connectivity index (χ0v) is 13.0. The van der Waals surface area contributed by atoms with E-state index in [1.54, 1.807) is 7.11 Å². The molecule has 2 nitrogen and oxygen atoms in total. The Bertz CT molecular complexity index is 616. The van der Waals surface area contributed by atoms with E-state index in [0.717, 1.165) is 12.3 Å². The lowest BCUT2D eigenvalue weighted by molar-refractivity contribution is 0.168. The highest BCUT2D eigenvalue weighted by molar-refractivity contribution is 5.75. The van der Waals surface area contributed by atoms with Crippen molar-refractivity contribution in [3.63, 3.8) is 0 Å². The lowest BCUT2D eigenvalue weighted by atomic mass is 9.60. The maximum atomic E-state index is 10.0. The van der Waals surface area contributed by atoms with Gasteiger partial charge in [0.2, 0.25) is 0 Å². The minimum atomic E-state index is 0.275. The highest BCUT2D eigenvalue weighted by Gasteiger charge is 2.47. The normalized spacial score (nSPS) is 33.7. The van der Waals surface area contributed by atoms with E-state index in [1.807, 2.05) is 6.07 Å². The van der Waals surface area contributed by atoms with Gasteiger partial charge in [0, 0.05) is 0 Å². The van der Waals surface area contributed by atoms with Crippen LogP contribution in [0.1, 0.15) is 50.2 Å². The number of aromatic hydroxyl groups is 1. The van der Waals surface area contributed by atoms with E-state index >= 15 is 0 Å².